The Bertz CT molecular complexity index is 966. The molecule has 3 rings (SSSR count). The molecule has 1 amide bonds. The number of amides is 1. The van der Waals surface area contributed by atoms with Crippen molar-refractivity contribution < 1.29 is 13.6 Å². The number of nitrogens with zero attached hydrogens (tertiary/aromatic N) is 3. The first-order valence-electron chi connectivity index (χ1n) is 8.32. The molecule has 0 saturated heterocycles. The number of halogens is 1. The zero-order chi connectivity index (χ0) is 19.4. The Balaban J connectivity index is 1.79. The molecule has 0 aliphatic rings. The van der Waals surface area contributed by atoms with E-state index in [4.69, 9.17) is 4.42 Å². The van der Waals surface area contributed by atoms with E-state index in [2.05, 4.69) is 22.1 Å². The Morgan fingerprint density at radius 3 is 2.85 bits per heavy atom. The lowest BCUT2D eigenvalue weighted by Gasteiger charge is -2.13. The van der Waals surface area contributed by atoms with Gasteiger partial charge in [0, 0.05) is 6.54 Å². The number of aromatic nitrogens is 3. The van der Waals surface area contributed by atoms with Gasteiger partial charge in [-0.25, -0.2) is 4.39 Å². The minimum absolute atomic E-state index is 0.150. The summed E-state index contributed by atoms with van der Waals surface area (Å²) in [6, 6.07) is 7.87. The molecule has 8 heteroatoms. The van der Waals surface area contributed by atoms with Crippen LogP contribution in [0.1, 0.15) is 12.7 Å². The molecule has 1 N–H and O–H groups in total. The number of hydrogen-bond acceptors (Lipinski definition) is 5. The average Bonchev–Trinajstić information content (AvgIpc) is 3.23. The van der Waals surface area contributed by atoms with Crippen molar-refractivity contribution in [3.8, 4) is 11.4 Å². The maximum absolute atomic E-state index is 13.7. The smallest absolute Gasteiger partial charge is 0.237 e. The van der Waals surface area contributed by atoms with Gasteiger partial charge in [0.2, 0.25) is 5.91 Å². The lowest BCUT2D eigenvalue weighted by atomic mass is 10.2. The van der Waals surface area contributed by atoms with Crippen molar-refractivity contribution in [2.24, 2.45) is 0 Å². The Morgan fingerprint density at radius 1 is 1.41 bits per heavy atom. The summed E-state index contributed by atoms with van der Waals surface area (Å²) >= 11 is 1.24. The number of para-hydroxylation sites is 1. The number of carbonyl (C=O) groups is 1. The molecule has 6 nitrogen and oxygen atoms in total. The normalized spacial score (nSPS) is 12.0. The molecule has 0 spiro atoms. The molecule has 1 unspecified atom stereocenters. The molecule has 2 heterocycles. The number of hydrogen-bond donors (Lipinski definition) is 1. The van der Waals surface area contributed by atoms with Crippen LogP contribution in [0.4, 0.5) is 10.1 Å². The van der Waals surface area contributed by atoms with Crippen LogP contribution in [0.2, 0.25) is 0 Å². The Labute approximate surface area is 160 Å². The lowest BCUT2D eigenvalue weighted by molar-refractivity contribution is -0.115. The van der Waals surface area contributed by atoms with Crippen LogP contribution in [0.5, 0.6) is 0 Å². The van der Waals surface area contributed by atoms with Crippen LogP contribution in [-0.2, 0) is 11.3 Å². The third-order valence-electron chi connectivity index (χ3n) is 3.91. The maximum atomic E-state index is 13.7. The molecular weight excluding hydrogens is 367 g/mol. The summed E-state index contributed by atoms with van der Waals surface area (Å²) in [7, 11) is 0. The summed E-state index contributed by atoms with van der Waals surface area (Å²) < 4.78 is 20.9. The maximum Gasteiger partial charge on any atom is 0.237 e. The molecule has 2 aromatic heterocycles. The van der Waals surface area contributed by atoms with Gasteiger partial charge in [0.1, 0.15) is 11.6 Å². The highest BCUT2D eigenvalue weighted by molar-refractivity contribution is 8.00. The fraction of sp³-hybridized carbons (Fsp3) is 0.211. The molecule has 0 aliphatic carbocycles. The van der Waals surface area contributed by atoms with Crippen LogP contribution in [0, 0.1) is 12.7 Å². The lowest BCUT2D eigenvalue weighted by Crippen LogP contribution is -2.23. The number of carbonyl (C=O) groups excluding carboxylic acids is 1. The van der Waals surface area contributed by atoms with Gasteiger partial charge in [-0.2, -0.15) is 0 Å². The molecule has 0 fully saturated rings. The van der Waals surface area contributed by atoms with Crippen LogP contribution in [0.25, 0.3) is 11.4 Å². The number of benzene rings is 1. The molecule has 3 aromatic rings. The number of anilines is 1. The van der Waals surface area contributed by atoms with Crippen LogP contribution in [-0.4, -0.2) is 25.9 Å². The second-order valence-corrected chi connectivity index (χ2v) is 7.13. The van der Waals surface area contributed by atoms with Crippen molar-refractivity contribution in [1.29, 1.82) is 0 Å². The Morgan fingerprint density at radius 2 is 2.19 bits per heavy atom. The standard InChI is InChI=1S/C19H19FN4O2S/c1-4-10-24-17(14-9-11-26-12(14)2)22-23-19(24)27-13(3)18(25)21-16-8-6-5-7-15(16)20/h4-9,11,13H,1,10H2,2-3H3,(H,21,25). The average molecular weight is 386 g/mol. The number of rotatable bonds is 7. The third kappa shape index (κ3) is 4.11. The first-order chi connectivity index (χ1) is 13.0. The molecule has 1 aromatic carbocycles. The van der Waals surface area contributed by atoms with Crippen LogP contribution in [0.15, 0.2) is 58.8 Å². The van der Waals surface area contributed by atoms with Gasteiger partial charge in [-0.1, -0.05) is 30.0 Å². The highest BCUT2D eigenvalue weighted by atomic mass is 32.2. The van der Waals surface area contributed by atoms with E-state index in [0.717, 1.165) is 11.3 Å². The van der Waals surface area contributed by atoms with E-state index < -0.39 is 11.1 Å². The highest BCUT2D eigenvalue weighted by Gasteiger charge is 2.22. The van der Waals surface area contributed by atoms with E-state index >= 15 is 0 Å². The second-order valence-electron chi connectivity index (χ2n) is 5.83. The van der Waals surface area contributed by atoms with E-state index in [-0.39, 0.29) is 11.6 Å². The molecular formula is C19H19FN4O2S. The van der Waals surface area contributed by atoms with E-state index in [0.29, 0.717) is 17.5 Å². The number of nitrogens with one attached hydrogen (secondary N) is 1. The van der Waals surface area contributed by atoms with Crippen LogP contribution >= 0.6 is 11.8 Å². The van der Waals surface area contributed by atoms with Gasteiger partial charge in [0.15, 0.2) is 11.0 Å². The van der Waals surface area contributed by atoms with Crippen LogP contribution < -0.4 is 5.32 Å². The topological polar surface area (TPSA) is 73.0 Å². The van der Waals surface area contributed by atoms with Gasteiger partial charge in [0.25, 0.3) is 0 Å². The molecule has 0 aliphatic heterocycles. The molecule has 1 atom stereocenters. The van der Waals surface area contributed by atoms with E-state index in [9.17, 15) is 9.18 Å². The van der Waals surface area contributed by atoms with Gasteiger partial charge in [0.05, 0.1) is 22.8 Å². The van der Waals surface area contributed by atoms with Gasteiger partial charge >= 0.3 is 0 Å². The van der Waals surface area contributed by atoms with E-state index in [1.165, 1.54) is 23.9 Å². The van der Waals surface area contributed by atoms with Crippen LogP contribution in [0.3, 0.4) is 0 Å². The molecule has 0 radical (unpaired) electrons. The Kier molecular flexibility index (Phi) is 5.75. The molecule has 27 heavy (non-hydrogen) atoms. The molecule has 140 valence electrons. The van der Waals surface area contributed by atoms with E-state index in [1.54, 1.807) is 31.4 Å². The van der Waals surface area contributed by atoms with Gasteiger partial charge in [-0.15, -0.1) is 16.8 Å². The predicted molar refractivity (Wildman–Crippen MR) is 103 cm³/mol. The van der Waals surface area contributed by atoms with Crippen molar-refractivity contribution in [2.45, 2.75) is 30.8 Å². The fourth-order valence-corrected chi connectivity index (χ4v) is 3.35. The Hall–Kier alpha value is -2.87. The zero-order valence-electron chi connectivity index (χ0n) is 15.0. The second kappa shape index (κ2) is 8.22. The van der Waals surface area contributed by atoms with Gasteiger partial charge in [-0.05, 0) is 32.0 Å². The van der Waals surface area contributed by atoms with Crippen molar-refractivity contribution in [2.75, 3.05) is 5.32 Å². The fourth-order valence-electron chi connectivity index (χ4n) is 2.49. The van der Waals surface area contributed by atoms with Crippen molar-refractivity contribution in [1.82, 2.24) is 14.8 Å². The number of furan rings is 1. The third-order valence-corrected chi connectivity index (χ3v) is 4.99. The SMILES string of the molecule is C=CCn1c(SC(C)C(=O)Nc2ccccc2F)nnc1-c1ccoc1C. The molecule has 0 bridgehead atoms. The van der Waals surface area contributed by atoms with Crippen molar-refractivity contribution in [3.05, 3.63) is 60.8 Å². The van der Waals surface area contributed by atoms with Crippen molar-refractivity contribution >= 4 is 23.4 Å². The first kappa shape index (κ1) is 18.9. The van der Waals surface area contributed by atoms with Gasteiger partial charge in [-0.3, -0.25) is 9.36 Å². The quantitative estimate of drug-likeness (QED) is 0.484. The predicted octanol–water partition coefficient (Wildman–Crippen LogP) is 4.29. The summed E-state index contributed by atoms with van der Waals surface area (Å²) in [5.41, 5.74) is 0.983. The monoisotopic (exact) mass is 386 g/mol. The summed E-state index contributed by atoms with van der Waals surface area (Å²) in [4.78, 5) is 12.4. The number of aryl methyl sites for hydroxylation is 1. The first-order valence-corrected chi connectivity index (χ1v) is 9.19. The summed E-state index contributed by atoms with van der Waals surface area (Å²) in [6.07, 6.45) is 3.32. The largest absolute Gasteiger partial charge is 0.469 e. The minimum atomic E-state index is -0.504. The summed E-state index contributed by atoms with van der Waals surface area (Å²) in [5.74, 6) is 0.579. The van der Waals surface area contributed by atoms with E-state index in [1.807, 2.05) is 17.6 Å². The van der Waals surface area contributed by atoms with Gasteiger partial charge < -0.3 is 9.73 Å². The zero-order valence-corrected chi connectivity index (χ0v) is 15.8. The summed E-state index contributed by atoms with van der Waals surface area (Å²) in [5, 5.41) is 11.1. The number of allylic oxidation sites excluding steroid dienone is 1. The number of thioether (sulfide) groups is 1. The minimum Gasteiger partial charge on any atom is -0.469 e. The summed E-state index contributed by atoms with van der Waals surface area (Å²) in [6.45, 7) is 7.83. The molecule has 0 saturated carbocycles. The highest BCUT2D eigenvalue weighted by Crippen LogP contribution is 2.29. The van der Waals surface area contributed by atoms with Crippen molar-refractivity contribution in [3.63, 3.8) is 0 Å².